The number of halogens is 1. The van der Waals surface area contributed by atoms with Crippen LogP contribution < -0.4 is 0 Å². The van der Waals surface area contributed by atoms with E-state index in [-0.39, 0.29) is 0 Å². The van der Waals surface area contributed by atoms with Gasteiger partial charge in [-0.3, -0.25) is 4.40 Å². The van der Waals surface area contributed by atoms with Gasteiger partial charge in [0.2, 0.25) is 0 Å². The van der Waals surface area contributed by atoms with Gasteiger partial charge in [-0.25, -0.2) is 9.78 Å². The van der Waals surface area contributed by atoms with Crippen LogP contribution in [0, 0.1) is 20.8 Å². The van der Waals surface area contributed by atoms with Crippen LogP contribution in [0.15, 0.2) is 18.2 Å². The van der Waals surface area contributed by atoms with Crippen molar-refractivity contribution in [3.8, 4) is 11.3 Å². The van der Waals surface area contributed by atoms with Gasteiger partial charge in [0.25, 0.3) is 0 Å². The van der Waals surface area contributed by atoms with Crippen LogP contribution >= 0.6 is 22.9 Å². The number of nitrogens with zero attached hydrogens (tertiary/aromatic N) is 2. The van der Waals surface area contributed by atoms with E-state index in [4.69, 9.17) is 11.6 Å². The molecule has 1 N–H and O–H groups in total. The Hall–Kier alpha value is -1.85. The molecule has 3 aromatic rings. The van der Waals surface area contributed by atoms with E-state index in [1.807, 2.05) is 36.4 Å². The fraction of sp³-hybridized carbons (Fsp3) is 0.200. The molecule has 21 heavy (non-hydrogen) atoms. The van der Waals surface area contributed by atoms with Crippen molar-refractivity contribution in [3.63, 3.8) is 0 Å². The summed E-state index contributed by atoms with van der Waals surface area (Å²) in [6.07, 6.45) is 0. The Labute approximate surface area is 130 Å². The van der Waals surface area contributed by atoms with Crippen molar-refractivity contribution < 1.29 is 9.90 Å². The third-order valence-corrected chi connectivity index (χ3v) is 5.11. The Morgan fingerprint density at radius 1 is 1.29 bits per heavy atom. The number of fused-ring (bicyclic) bond motifs is 1. The van der Waals surface area contributed by atoms with Gasteiger partial charge in [-0.15, -0.1) is 0 Å². The van der Waals surface area contributed by atoms with Crippen molar-refractivity contribution in [2.75, 3.05) is 0 Å². The van der Waals surface area contributed by atoms with Crippen molar-refractivity contribution >= 4 is 33.9 Å². The van der Waals surface area contributed by atoms with E-state index >= 15 is 0 Å². The number of imidazole rings is 1. The van der Waals surface area contributed by atoms with E-state index in [1.54, 1.807) is 6.92 Å². The van der Waals surface area contributed by atoms with Crippen LogP contribution in [0.2, 0.25) is 5.02 Å². The highest BCUT2D eigenvalue weighted by Gasteiger charge is 2.20. The van der Waals surface area contributed by atoms with Crippen molar-refractivity contribution in [1.82, 2.24) is 9.38 Å². The van der Waals surface area contributed by atoms with Crippen LogP contribution in [-0.2, 0) is 0 Å². The number of thiazole rings is 1. The number of carboxylic acids is 1. The summed E-state index contributed by atoms with van der Waals surface area (Å²) < 4.78 is 1.90. The number of hydrogen-bond acceptors (Lipinski definition) is 3. The molecule has 0 radical (unpaired) electrons. The minimum atomic E-state index is -0.911. The van der Waals surface area contributed by atoms with Gasteiger partial charge in [0.15, 0.2) is 4.96 Å². The number of aryl methyl sites for hydroxylation is 3. The average Bonchev–Trinajstić information content (AvgIpc) is 2.92. The quantitative estimate of drug-likeness (QED) is 0.764. The molecule has 6 heteroatoms. The standard InChI is InChI=1S/C15H13ClN2O2S/c1-7-6-10(4-5-11(7)16)12-8(2)18-9(3)13(14(19)20)21-15(18)17-12/h4-6H,1-3H3,(H,19,20). The van der Waals surface area contributed by atoms with Gasteiger partial charge in [0.1, 0.15) is 4.88 Å². The van der Waals surface area contributed by atoms with Crippen LogP contribution in [0.3, 0.4) is 0 Å². The topological polar surface area (TPSA) is 54.6 Å². The normalized spacial score (nSPS) is 11.2. The predicted octanol–water partition coefficient (Wildman–Crippen LogP) is 4.34. The highest BCUT2D eigenvalue weighted by atomic mass is 35.5. The smallest absolute Gasteiger partial charge is 0.347 e. The molecule has 0 saturated heterocycles. The van der Waals surface area contributed by atoms with Crippen LogP contribution in [0.5, 0.6) is 0 Å². The van der Waals surface area contributed by atoms with Crippen molar-refractivity contribution in [2.24, 2.45) is 0 Å². The lowest BCUT2D eigenvalue weighted by molar-refractivity contribution is 0.0701. The maximum atomic E-state index is 11.2. The summed E-state index contributed by atoms with van der Waals surface area (Å²) in [7, 11) is 0. The van der Waals surface area contributed by atoms with Gasteiger partial charge >= 0.3 is 5.97 Å². The molecule has 108 valence electrons. The third-order valence-electron chi connectivity index (χ3n) is 3.56. The molecular formula is C15H13ClN2O2S. The highest BCUT2D eigenvalue weighted by molar-refractivity contribution is 7.19. The first kappa shape index (κ1) is 14.1. The summed E-state index contributed by atoms with van der Waals surface area (Å²) in [5, 5.41) is 9.91. The average molecular weight is 321 g/mol. The zero-order valence-corrected chi connectivity index (χ0v) is 13.3. The maximum Gasteiger partial charge on any atom is 0.347 e. The number of aromatic carboxylic acids is 1. The largest absolute Gasteiger partial charge is 0.477 e. The summed E-state index contributed by atoms with van der Waals surface area (Å²) in [6, 6.07) is 5.78. The van der Waals surface area contributed by atoms with Gasteiger partial charge in [-0.2, -0.15) is 0 Å². The lowest BCUT2D eigenvalue weighted by Gasteiger charge is -2.03. The van der Waals surface area contributed by atoms with Gasteiger partial charge < -0.3 is 5.11 Å². The first-order valence-corrected chi connectivity index (χ1v) is 7.58. The summed E-state index contributed by atoms with van der Waals surface area (Å²) in [6.45, 7) is 5.70. The fourth-order valence-electron chi connectivity index (χ4n) is 2.47. The van der Waals surface area contributed by atoms with Gasteiger partial charge in [-0.1, -0.05) is 29.0 Å². The number of benzene rings is 1. The molecule has 0 atom stereocenters. The zero-order chi connectivity index (χ0) is 15.3. The number of hydrogen-bond donors (Lipinski definition) is 1. The molecule has 3 rings (SSSR count). The molecule has 2 heterocycles. The molecule has 0 aliphatic rings. The predicted molar refractivity (Wildman–Crippen MR) is 84.7 cm³/mol. The molecule has 1 aromatic carbocycles. The van der Waals surface area contributed by atoms with Crippen molar-refractivity contribution in [2.45, 2.75) is 20.8 Å². The number of carbonyl (C=O) groups is 1. The third kappa shape index (κ3) is 2.13. The molecule has 4 nitrogen and oxygen atoms in total. The lowest BCUT2D eigenvalue weighted by Crippen LogP contribution is -1.98. The summed E-state index contributed by atoms with van der Waals surface area (Å²) in [5.74, 6) is -0.911. The van der Waals surface area contributed by atoms with Crippen molar-refractivity contribution in [3.05, 3.63) is 45.1 Å². The van der Waals surface area contributed by atoms with Crippen LogP contribution in [0.25, 0.3) is 16.2 Å². The van der Waals surface area contributed by atoms with Gasteiger partial charge in [0, 0.05) is 22.0 Å². The van der Waals surface area contributed by atoms with E-state index in [0.717, 1.165) is 27.5 Å². The molecule has 0 fully saturated rings. The maximum absolute atomic E-state index is 11.2. The molecule has 0 aliphatic heterocycles. The SMILES string of the molecule is Cc1cc(-c2nc3sc(C(=O)O)c(C)n3c2C)ccc1Cl. The first-order chi connectivity index (χ1) is 9.90. The Morgan fingerprint density at radius 3 is 2.57 bits per heavy atom. The highest BCUT2D eigenvalue weighted by Crippen LogP contribution is 2.32. The number of aromatic nitrogens is 2. The molecule has 0 unspecified atom stereocenters. The molecular weight excluding hydrogens is 308 g/mol. The molecule has 0 amide bonds. The minimum absolute atomic E-state index is 0.333. The second kappa shape index (κ2) is 4.86. The summed E-state index contributed by atoms with van der Waals surface area (Å²) in [4.78, 5) is 16.8. The fourth-order valence-corrected chi connectivity index (χ4v) is 3.60. The lowest BCUT2D eigenvalue weighted by atomic mass is 10.1. The van der Waals surface area contributed by atoms with Gasteiger partial charge in [0.05, 0.1) is 5.69 Å². The number of rotatable bonds is 2. The Bertz CT molecular complexity index is 880. The summed E-state index contributed by atoms with van der Waals surface area (Å²) >= 11 is 7.25. The summed E-state index contributed by atoms with van der Waals surface area (Å²) in [5.41, 5.74) is 4.49. The van der Waals surface area contributed by atoms with Crippen LogP contribution in [0.4, 0.5) is 0 Å². The Balaban J connectivity index is 2.23. The van der Waals surface area contributed by atoms with E-state index < -0.39 is 5.97 Å². The number of carboxylic acid groups (broad SMARTS) is 1. The zero-order valence-electron chi connectivity index (χ0n) is 11.8. The van der Waals surface area contributed by atoms with E-state index in [0.29, 0.717) is 15.5 Å². The molecule has 0 spiro atoms. The van der Waals surface area contributed by atoms with Crippen LogP contribution in [-0.4, -0.2) is 20.5 Å². The minimum Gasteiger partial charge on any atom is -0.477 e. The van der Waals surface area contributed by atoms with Crippen molar-refractivity contribution in [1.29, 1.82) is 0 Å². The monoisotopic (exact) mass is 320 g/mol. The molecule has 0 saturated carbocycles. The molecule has 0 bridgehead atoms. The second-order valence-corrected chi connectivity index (χ2v) is 6.33. The van der Waals surface area contributed by atoms with E-state index in [1.165, 1.54) is 11.3 Å². The Morgan fingerprint density at radius 2 is 2.00 bits per heavy atom. The van der Waals surface area contributed by atoms with Crippen LogP contribution in [0.1, 0.15) is 26.6 Å². The van der Waals surface area contributed by atoms with E-state index in [2.05, 4.69) is 4.98 Å². The first-order valence-electron chi connectivity index (χ1n) is 6.38. The second-order valence-electron chi connectivity index (χ2n) is 4.95. The molecule has 2 aromatic heterocycles. The van der Waals surface area contributed by atoms with E-state index in [9.17, 15) is 9.90 Å². The van der Waals surface area contributed by atoms with Gasteiger partial charge in [-0.05, 0) is 38.5 Å². The Kier molecular flexibility index (Phi) is 3.26. The molecule has 0 aliphatic carbocycles.